The molecule has 0 saturated heterocycles. The molecule has 1 aromatic heterocycles. The van der Waals surface area contributed by atoms with E-state index in [9.17, 15) is 21.6 Å². The predicted molar refractivity (Wildman–Crippen MR) is 128 cm³/mol. The van der Waals surface area contributed by atoms with Crippen LogP contribution in [0.4, 0.5) is 13.2 Å². The van der Waals surface area contributed by atoms with Gasteiger partial charge in [0.2, 0.25) is 0 Å². The van der Waals surface area contributed by atoms with E-state index in [1.807, 2.05) is 0 Å². The SMILES string of the molecule is CC1(CCC#CCO)C(N)=N[C@](CF)(c2cc(/C=C(\F)c3cnc(Cl)cn3)ccc2F)CS1(=O)=O. The lowest BCUT2D eigenvalue weighted by molar-refractivity contribution is 0.322. The maximum atomic E-state index is 14.9. The zero-order valence-corrected chi connectivity index (χ0v) is 20.2. The quantitative estimate of drug-likeness (QED) is 0.558. The van der Waals surface area contributed by atoms with E-state index in [0.29, 0.717) is 0 Å². The van der Waals surface area contributed by atoms with E-state index in [1.54, 1.807) is 0 Å². The molecule has 1 aliphatic heterocycles. The van der Waals surface area contributed by atoms with Crippen LogP contribution in [0, 0.1) is 17.7 Å². The second-order valence-electron chi connectivity index (χ2n) is 8.12. The summed E-state index contributed by atoms with van der Waals surface area (Å²) < 4.78 is 68.9. The van der Waals surface area contributed by atoms with Gasteiger partial charge < -0.3 is 10.8 Å². The van der Waals surface area contributed by atoms with Gasteiger partial charge in [0, 0.05) is 12.0 Å². The van der Waals surface area contributed by atoms with E-state index in [1.165, 1.54) is 13.0 Å². The first-order valence-electron chi connectivity index (χ1n) is 10.3. The van der Waals surface area contributed by atoms with Crippen molar-refractivity contribution >= 4 is 39.2 Å². The molecule has 0 spiro atoms. The second-order valence-corrected chi connectivity index (χ2v) is 10.9. The van der Waals surface area contributed by atoms with Crippen molar-refractivity contribution in [3.8, 4) is 11.8 Å². The molecule has 1 aliphatic rings. The van der Waals surface area contributed by atoms with E-state index in [-0.39, 0.29) is 47.3 Å². The summed E-state index contributed by atoms with van der Waals surface area (Å²) in [5.74, 6) is 2.06. The summed E-state index contributed by atoms with van der Waals surface area (Å²) in [5.41, 5.74) is 3.49. The largest absolute Gasteiger partial charge is 0.386 e. The lowest BCUT2D eigenvalue weighted by Gasteiger charge is -2.40. The number of alkyl halides is 1. The van der Waals surface area contributed by atoms with Gasteiger partial charge in [-0.05, 0) is 37.1 Å². The van der Waals surface area contributed by atoms with Gasteiger partial charge in [-0.3, -0.25) is 4.99 Å². The Kier molecular flexibility index (Phi) is 7.89. The van der Waals surface area contributed by atoms with Crippen molar-refractivity contribution in [3.05, 3.63) is 58.4 Å². The third kappa shape index (κ3) is 5.34. The van der Waals surface area contributed by atoms with Gasteiger partial charge in [-0.25, -0.2) is 31.6 Å². The monoisotopic (exact) mass is 526 g/mol. The number of aliphatic hydroxyl groups is 1. The van der Waals surface area contributed by atoms with Crippen LogP contribution in [0.15, 0.2) is 35.6 Å². The number of aliphatic imine (C=N–C) groups is 1. The molecule has 12 heteroatoms. The zero-order valence-electron chi connectivity index (χ0n) is 18.6. The molecule has 1 aromatic carbocycles. The molecule has 0 radical (unpaired) electrons. The van der Waals surface area contributed by atoms with Crippen LogP contribution in [-0.2, 0) is 15.4 Å². The summed E-state index contributed by atoms with van der Waals surface area (Å²) in [4.78, 5) is 11.7. The molecule has 7 nitrogen and oxygen atoms in total. The summed E-state index contributed by atoms with van der Waals surface area (Å²) in [6.07, 6.45) is 3.32. The number of sulfone groups is 1. The summed E-state index contributed by atoms with van der Waals surface area (Å²) in [6, 6.07) is 3.33. The predicted octanol–water partition coefficient (Wildman–Crippen LogP) is 3.22. The number of amidine groups is 1. The molecule has 0 bridgehead atoms. The lowest BCUT2D eigenvalue weighted by Crippen LogP contribution is -2.58. The molecule has 2 heterocycles. The minimum Gasteiger partial charge on any atom is -0.386 e. The first kappa shape index (κ1) is 26.7. The zero-order chi connectivity index (χ0) is 25.9. The Bertz CT molecular complexity index is 1340. The van der Waals surface area contributed by atoms with Gasteiger partial charge in [-0.2, -0.15) is 0 Å². The van der Waals surface area contributed by atoms with Crippen molar-refractivity contribution in [2.75, 3.05) is 19.0 Å². The Balaban J connectivity index is 2.06. The molecule has 0 fully saturated rings. The van der Waals surface area contributed by atoms with Crippen LogP contribution < -0.4 is 5.73 Å². The second kappa shape index (κ2) is 10.4. The molecule has 3 rings (SSSR count). The van der Waals surface area contributed by atoms with Crippen LogP contribution in [-0.4, -0.2) is 53.1 Å². The molecule has 2 atom stereocenters. The molecule has 0 saturated carbocycles. The number of nitrogens with zero attached hydrogens (tertiary/aromatic N) is 3. The van der Waals surface area contributed by atoms with Crippen molar-refractivity contribution in [3.63, 3.8) is 0 Å². The highest BCUT2D eigenvalue weighted by Crippen LogP contribution is 2.41. The third-order valence-corrected chi connectivity index (χ3v) is 8.63. The maximum Gasteiger partial charge on any atom is 0.165 e. The van der Waals surface area contributed by atoms with Gasteiger partial charge >= 0.3 is 0 Å². The van der Waals surface area contributed by atoms with Crippen LogP contribution in [0.2, 0.25) is 5.15 Å². The molecular formula is C23H22ClF3N4O3S. The van der Waals surface area contributed by atoms with E-state index in [4.69, 9.17) is 22.4 Å². The molecule has 1 unspecified atom stereocenters. The highest BCUT2D eigenvalue weighted by atomic mass is 35.5. The standard InChI is InChI=1S/C23H22ClF3N4O3S/c1-22(7-3-2-4-8-32)21(28)31-23(13-25,14-35(22,33)34)16-9-15(5-6-17(16)26)10-18(27)19-11-30-20(24)12-29-19/h5-6,9-12,32H,3,7-8,13-14H2,1H3,(H2,28,31)/b18-10-/t22?,23-/m0/s1. The van der Waals surface area contributed by atoms with Gasteiger partial charge in [-0.15, -0.1) is 5.92 Å². The maximum absolute atomic E-state index is 14.9. The first-order chi connectivity index (χ1) is 16.5. The summed E-state index contributed by atoms with van der Waals surface area (Å²) in [5, 5.41) is 8.84. The Morgan fingerprint density at radius 1 is 1.31 bits per heavy atom. The number of nitrogens with two attached hydrogens (primary N) is 1. The summed E-state index contributed by atoms with van der Waals surface area (Å²) in [6.45, 7) is -0.391. The molecule has 0 amide bonds. The molecular weight excluding hydrogens is 505 g/mol. The van der Waals surface area contributed by atoms with Crippen LogP contribution in [0.1, 0.15) is 36.6 Å². The average molecular weight is 527 g/mol. The summed E-state index contributed by atoms with van der Waals surface area (Å²) in [7, 11) is -4.14. The number of aromatic nitrogens is 2. The fourth-order valence-corrected chi connectivity index (χ4v) is 5.79. The van der Waals surface area contributed by atoms with E-state index < -0.39 is 44.2 Å². The van der Waals surface area contributed by atoms with Gasteiger partial charge in [0.25, 0.3) is 0 Å². The van der Waals surface area contributed by atoms with Crippen molar-refractivity contribution in [2.45, 2.75) is 30.1 Å². The number of hydrogen-bond acceptors (Lipinski definition) is 7. The minimum absolute atomic E-state index is 0.0430. The topological polar surface area (TPSA) is 119 Å². The Hall–Kier alpha value is -2.94. The number of halogens is 4. The van der Waals surface area contributed by atoms with Crippen molar-refractivity contribution in [1.82, 2.24) is 9.97 Å². The third-order valence-electron chi connectivity index (χ3n) is 5.79. The van der Waals surface area contributed by atoms with Crippen molar-refractivity contribution in [2.24, 2.45) is 10.7 Å². The number of aliphatic hydroxyl groups excluding tert-OH is 1. The summed E-state index contributed by atoms with van der Waals surface area (Å²) >= 11 is 5.65. The Morgan fingerprint density at radius 3 is 2.66 bits per heavy atom. The van der Waals surface area contributed by atoms with Gasteiger partial charge in [0.1, 0.15) is 46.1 Å². The van der Waals surface area contributed by atoms with Gasteiger partial charge in [-0.1, -0.05) is 23.6 Å². The molecule has 35 heavy (non-hydrogen) atoms. The molecule has 2 aromatic rings. The fraction of sp³-hybridized carbons (Fsp3) is 0.348. The molecule has 3 N–H and O–H groups in total. The highest BCUT2D eigenvalue weighted by Gasteiger charge is 2.53. The highest BCUT2D eigenvalue weighted by molar-refractivity contribution is 7.93. The Morgan fingerprint density at radius 2 is 2.06 bits per heavy atom. The van der Waals surface area contributed by atoms with E-state index >= 15 is 0 Å². The van der Waals surface area contributed by atoms with Crippen LogP contribution in [0.25, 0.3) is 11.9 Å². The molecule has 0 aliphatic carbocycles. The van der Waals surface area contributed by atoms with Crippen molar-refractivity contribution < 1.29 is 26.7 Å². The van der Waals surface area contributed by atoms with Crippen LogP contribution >= 0.6 is 11.6 Å². The first-order valence-corrected chi connectivity index (χ1v) is 12.4. The lowest BCUT2D eigenvalue weighted by atomic mass is 9.90. The minimum atomic E-state index is -4.14. The van der Waals surface area contributed by atoms with Gasteiger partial charge in [0.05, 0.1) is 18.1 Å². The average Bonchev–Trinajstić information content (AvgIpc) is 2.81. The van der Waals surface area contributed by atoms with E-state index in [0.717, 1.165) is 30.6 Å². The number of hydrogen-bond donors (Lipinski definition) is 2. The van der Waals surface area contributed by atoms with E-state index in [2.05, 4.69) is 26.8 Å². The van der Waals surface area contributed by atoms with Crippen molar-refractivity contribution in [1.29, 1.82) is 0 Å². The fourth-order valence-electron chi connectivity index (χ4n) is 3.67. The smallest absolute Gasteiger partial charge is 0.165 e. The Labute approximate surface area is 205 Å². The number of benzene rings is 1. The normalized spacial score (nSPS) is 23.8. The van der Waals surface area contributed by atoms with Gasteiger partial charge in [0.15, 0.2) is 15.7 Å². The molecule has 186 valence electrons. The number of rotatable bonds is 6. The van der Waals surface area contributed by atoms with Crippen LogP contribution in [0.3, 0.4) is 0 Å². The van der Waals surface area contributed by atoms with Crippen LogP contribution in [0.5, 0.6) is 0 Å².